The summed E-state index contributed by atoms with van der Waals surface area (Å²) in [7, 11) is -3.50. The van der Waals surface area contributed by atoms with Crippen LogP contribution < -0.4 is 9.62 Å². The third-order valence-electron chi connectivity index (χ3n) is 2.70. The van der Waals surface area contributed by atoms with E-state index < -0.39 is 16.3 Å². The third kappa shape index (κ3) is 5.18. The van der Waals surface area contributed by atoms with Gasteiger partial charge in [0, 0.05) is 0 Å². The normalized spacial score (nSPS) is 13.2. The van der Waals surface area contributed by atoms with Gasteiger partial charge in [-0.05, 0) is 38.1 Å². The quantitative estimate of drug-likeness (QED) is 0.556. The average molecular weight is 286 g/mol. The first-order valence-electron chi connectivity index (χ1n) is 6.40. The summed E-state index contributed by atoms with van der Waals surface area (Å²) in [6.07, 6.45) is 1.19. The summed E-state index contributed by atoms with van der Waals surface area (Å²) < 4.78 is 24.7. The van der Waals surface area contributed by atoms with E-state index in [1.54, 1.807) is 24.3 Å². The first kappa shape index (κ1) is 15.9. The molecule has 0 heterocycles. The predicted octanol–water partition coefficient (Wildman–Crippen LogP) is 1.16. The molecule has 1 unspecified atom stereocenters. The second kappa shape index (κ2) is 7.47. The summed E-state index contributed by atoms with van der Waals surface area (Å²) in [5.41, 5.74) is 0.487. The van der Waals surface area contributed by atoms with Gasteiger partial charge >= 0.3 is 0 Å². The Hall–Kier alpha value is -1.11. The maximum atomic E-state index is 11.8. The van der Waals surface area contributed by atoms with Gasteiger partial charge in [-0.3, -0.25) is 0 Å². The van der Waals surface area contributed by atoms with E-state index in [4.69, 9.17) is 0 Å². The zero-order valence-corrected chi connectivity index (χ0v) is 12.2. The van der Waals surface area contributed by atoms with Crippen LogP contribution in [0.25, 0.3) is 0 Å². The van der Waals surface area contributed by atoms with E-state index in [1.807, 2.05) is 13.0 Å². The molecule has 1 aromatic rings. The lowest BCUT2D eigenvalue weighted by atomic mass is 10.2. The highest BCUT2D eigenvalue weighted by atomic mass is 32.2. The second-order valence-electron chi connectivity index (χ2n) is 4.37. The molecule has 1 atom stereocenters. The van der Waals surface area contributed by atoms with Crippen LogP contribution in [0, 0.1) is 0 Å². The standard InChI is InChI=1S/C13H22N2O3S/c1-3-14-11-7-10-13(16)15(19(2,17)18)12-8-5-4-6-9-12/h4-6,8-9,13-14,16H,3,7,10-11H2,1-2H3. The number of rotatable bonds is 8. The average Bonchev–Trinajstić information content (AvgIpc) is 2.34. The number of hydrogen-bond acceptors (Lipinski definition) is 4. The van der Waals surface area contributed by atoms with E-state index in [2.05, 4.69) is 5.32 Å². The lowest BCUT2D eigenvalue weighted by Gasteiger charge is -2.27. The lowest BCUT2D eigenvalue weighted by molar-refractivity contribution is 0.173. The second-order valence-corrected chi connectivity index (χ2v) is 6.23. The molecular formula is C13H22N2O3S. The number of benzene rings is 1. The monoisotopic (exact) mass is 286 g/mol. The molecule has 0 spiro atoms. The maximum absolute atomic E-state index is 11.8. The van der Waals surface area contributed by atoms with Gasteiger partial charge < -0.3 is 10.4 Å². The van der Waals surface area contributed by atoms with Crippen molar-refractivity contribution in [2.24, 2.45) is 0 Å². The van der Waals surface area contributed by atoms with Crippen molar-refractivity contribution >= 4 is 15.7 Å². The molecule has 108 valence electrons. The number of para-hydroxylation sites is 1. The van der Waals surface area contributed by atoms with Crippen LogP contribution >= 0.6 is 0 Å². The van der Waals surface area contributed by atoms with Crippen LogP contribution in [0.3, 0.4) is 0 Å². The summed E-state index contributed by atoms with van der Waals surface area (Å²) in [5.74, 6) is 0. The van der Waals surface area contributed by atoms with Gasteiger partial charge in [0.1, 0.15) is 6.23 Å². The molecule has 0 aliphatic heterocycles. The molecule has 0 amide bonds. The summed E-state index contributed by atoms with van der Waals surface area (Å²) in [6, 6.07) is 8.66. The number of hydrogen-bond donors (Lipinski definition) is 2. The van der Waals surface area contributed by atoms with Gasteiger partial charge in [0.2, 0.25) is 10.0 Å². The van der Waals surface area contributed by atoms with Crippen molar-refractivity contribution in [1.29, 1.82) is 0 Å². The summed E-state index contributed by atoms with van der Waals surface area (Å²) in [6.45, 7) is 3.63. The van der Waals surface area contributed by atoms with Crippen LogP contribution in [0.5, 0.6) is 0 Å². The molecule has 0 bridgehead atoms. The van der Waals surface area contributed by atoms with E-state index in [0.717, 1.165) is 23.7 Å². The Labute approximate surface area is 115 Å². The molecule has 0 saturated carbocycles. The summed E-state index contributed by atoms with van der Waals surface area (Å²) in [5, 5.41) is 13.3. The Balaban J connectivity index is 2.76. The molecule has 6 heteroatoms. The van der Waals surface area contributed by atoms with Gasteiger partial charge in [0.05, 0.1) is 11.9 Å². The molecule has 1 aromatic carbocycles. The van der Waals surface area contributed by atoms with Gasteiger partial charge in [-0.2, -0.15) is 0 Å². The van der Waals surface area contributed by atoms with Crippen molar-refractivity contribution in [3.8, 4) is 0 Å². The Morgan fingerprint density at radius 2 is 1.95 bits per heavy atom. The fourth-order valence-electron chi connectivity index (χ4n) is 1.86. The van der Waals surface area contributed by atoms with Crippen molar-refractivity contribution in [1.82, 2.24) is 5.32 Å². The molecule has 0 aromatic heterocycles. The summed E-state index contributed by atoms with van der Waals surface area (Å²) in [4.78, 5) is 0. The number of nitrogens with zero attached hydrogens (tertiary/aromatic N) is 1. The fourth-order valence-corrected chi connectivity index (χ4v) is 2.92. The van der Waals surface area contributed by atoms with Crippen molar-refractivity contribution in [3.63, 3.8) is 0 Å². The number of anilines is 1. The minimum absolute atomic E-state index is 0.398. The van der Waals surface area contributed by atoms with E-state index in [1.165, 1.54) is 0 Å². The van der Waals surface area contributed by atoms with Crippen molar-refractivity contribution in [2.45, 2.75) is 26.0 Å². The summed E-state index contributed by atoms with van der Waals surface area (Å²) >= 11 is 0. The highest BCUT2D eigenvalue weighted by Crippen LogP contribution is 2.20. The molecule has 2 N–H and O–H groups in total. The van der Waals surface area contributed by atoms with Crippen LogP contribution in [0.15, 0.2) is 30.3 Å². The van der Waals surface area contributed by atoms with E-state index in [9.17, 15) is 13.5 Å². The molecule has 19 heavy (non-hydrogen) atoms. The number of aliphatic hydroxyl groups is 1. The predicted molar refractivity (Wildman–Crippen MR) is 77.5 cm³/mol. The molecule has 0 radical (unpaired) electrons. The topological polar surface area (TPSA) is 69.6 Å². The highest BCUT2D eigenvalue weighted by Gasteiger charge is 2.24. The van der Waals surface area contributed by atoms with Crippen LogP contribution in [0.2, 0.25) is 0 Å². The Bertz CT molecular complexity index is 462. The van der Waals surface area contributed by atoms with E-state index in [0.29, 0.717) is 18.5 Å². The minimum Gasteiger partial charge on any atom is -0.373 e. The maximum Gasteiger partial charge on any atom is 0.234 e. The molecule has 1 rings (SSSR count). The van der Waals surface area contributed by atoms with Crippen molar-refractivity contribution in [2.75, 3.05) is 23.7 Å². The number of nitrogens with one attached hydrogen (secondary N) is 1. The Kier molecular flexibility index (Phi) is 6.27. The Morgan fingerprint density at radius 1 is 1.32 bits per heavy atom. The zero-order valence-electron chi connectivity index (χ0n) is 11.4. The zero-order chi connectivity index (χ0) is 14.3. The Morgan fingerprint density at radius 3 is 2.47 bits per heavy atom. The molecular weight excluding hydrogens is 264 g/mol. The van der Waals surface area contributed by atoms with Gasteiger partial charge in [0.15, 0.2) is 0 Å². The molecule has 5 nitrogen and oxygen atoms in total. The van der Waals surface area contributed by atoms with Crippen molar-refractivity contribution < 1.29 is 13.5 Å². The van der Waals surface area contributed by atoms with Crippen LogP contribution in [0.1, 0.15) is 19.8 Å². The van der Waals surface area contributed by atoms with Gasteiger partial charge in [-0.1, -0.05) is 25.1 Å². The fraction of sp³-hybridized carbons (Fsp3) is 0.538. The SMILES string of the molecule is CCNCCCC(O)N(c1ccccc1)S(C)(=O)=O. The van der Waals surface area contributed by atoms with Crippen LogP contribution in [0.4, 0.5) is 5.69 Å². The lowest BCUT2D eigenvalue weighted by Crippen LogP contribution is -2.40. The van der Waals surface area contributed by atoms with Gasteiger partial charge in [0.25, 0.3) is 0 Å². The van der Waals surface area contributed by atoms with E-state index >= 15 is 0 Å². The van der Waals surface area contributed by atoms with Crippen molar-refractivity contribution in [3.05, 3.63) is 30.3 Å². The van der Waals surface area contributed by atoms with E-state index in [-0.39, 0.29) is 0 Å². The van der Waals surface area contributed by atoms with Gasteiger partial charge in [-0.15, -0.1) is 0 Å². The molecule has 0 aliphatic carbocycles. The third-order valence-corrected chi connectivity index (χ3v) is 3.87. The number of sulfonamides is 1. The smallest absolute Gasteiger partial charge is 0.234 e. The first-order valence-corrected chi connectivity index (χ1v) is 8.25. The first-order chi connectivity index (χ1) is 8.96. The van der Waals surface area contributed by atoms with Crippen LogP contribution in [-0.4, -0.2) is 39.1 Å². The number of aliphatic hydroxyl groups excluding tert-OH is 1. The molecule has 0 aliphatic rings. The largest absolute Gasteiger partial charge is 0.373 e. The molecule has 0 saturated heterocycles. The minimum atomic E-state index is -3.50. The molecule has 0 fully saturated rings. The highest BCUT2D eigenvalue weighted by molar-refractivity contribution is 7.92. The van der Waals surface area contributed by atoms with Crippen LogP contribution in [-0.2, 0) is 10.0 Å². The van der Waals surface area contributed by atoms with Gasteiger partial charge in [-0.25, -0.2) is 12.7 Å².